The molecule has 2 heterocycles. The first kappa shape index (κ1) is 18.4. The molecule has 8 heteroatoms. The largest absolute Gasteiger partial charge is 0.472 e. The number of carbonyl (C=O) groups excluding carboxylic acids is 1. The van der Waals surface area contributed by atoms with Crippen molar-refractivity contribution in [1.82, 2.24) is 9.88 Å². The highest BCUT2D eigenvalue weighted by Crippen LogP contribution is 2.31. The maximum atomic E-state index is 12.7. The summed E-state index contributed by atoms with van der Waals surface area (Å²) < 4.78 is 49.0. The molecule has 0 unspecified atom stereocenters. The highest BCUT2D eigenvalue weighted by atomic mass is 19.4. The lowest BCUT2D eigenvalue weighted by Crippen LogP contribution is -2.46. The smallest absolute Gasteiger partial charge is 0.416 e. The van der Waals surface area contributed by atoms with Gasteiger partial charge in [-0.25, -0.2) is 9.78 Å². The van der Waals surface area contributed by atoms with Crippen molar-refractivity contribution in [3.05, 3.63) is 23.9 Å². The van der Waals surface area contributed by atoms with Crippen molar-refractivity contribution in [2.24, 2.45) is 0 Å². The van der Waals surface area contributed by atoms with Gasteiger partial charge in [0.15, 0.2) is 0 Å². The molecule has 0 saturated carbocycles. The van der Waals surface area contributed by atoms with E-state index in [4.69, 9.17) is 9.47 Å². The fourth-order valence-corrected chi connectivity index (χ4v) is 2.35. The monoisotopic (exact) mass is 346 g/mol. The Labute approximate surface area is 138 Å². The second-order valence-corrected chi connectivity index (χ2v) is 6.69. The van der Waals surface area contributed by atoms with E-state index in [0.29, 0.717) is 19.4 Å². The maximum absolute atomic E-state index is 12.7. The molecule has 0 aliphatic carbocycles. The number of rotatable bonds is 2. The molecule has 1 atom stereocenters. The Hall–Kier alpha value is -1.99. The molecule has 5 nitrogen and oxygen atoms in total. The van der Waals surface area contributed by atoms with Gasteiger partial charge in [0.1, 0.15) is 11.7 Å². The summed E-state index contributed by atoms with van der Waals surface area (Å²) in [5.41, 5.74) is -1.42. The molecule has 0 radical (unpaired) electrons. The minimum Gasteiger partial charge on any atom is -0.472 e. The molecule has 1 aliphatic rings. The SMILES string of the molecule is CC(C)(C)OC(=O)N1CCC[C@@H](Oc2cc(C(F)(F)F)ccn2)C1. The zero-order chi connectivity index (χ0) is 18.0. The Morgan fingerprint density at radius 1 is 1.33 bits per heavy atom. The summed E-state index contributed by atoms with van der Waals surface area (Å²) in [6.07, 6.45) is -2.93. The van der Waals surface area contributed by atoms with Gasteiger partial charge in [-0.05, 0) is 39.7 Å². The number of likely N-dealkylation sites (tertiary alicyclic amines) is 1. The summed E-state index contributed by atoms with van der Waals surface area (Å²) in [7, 11) is 0. The molecule has 24 heavy (non-hydrogen) atoms. The molecular formula is C16H21F3N2O3. The van der Waals surface area contributed by atoms with E-state index in [1.807, 2.05) is 0 Å². The molecule has 134 valence electrons. The number of carbonyl (C=O) groups is 1. The van der Waals surface area contributed by atoms with Crippen LogP contribution in [0.3, 0.4) is 0 Å². The highest BCUT2D eigenvalue weighted by Gasteiger charge is 2.32. The van der Waals surface area contributed by atoms with Crippen LogP contribution in [0.4, 0.5) is 18.0 Å². The summed E-state index contributed by atoms with van der Waals surface area (Å²) in [6.45, 7) is 6.11. The van der Waals surface area contributed by atoms with Crippen LogP contribution in [0, 0.1) is 0 Å². The molecule has 1 aliphatic heterocycles. The Morgan fingerprint density at radius 2 is 2.04 bits per heavy atom. The number of amides is 1. The first-order valence-corrected chi connectivity index (χ1v) is 7.72. The van der Waals surface area contributed by atoms with Crippen molar-refractivity contribution >= 4 is 6.09 Å². The summed E-state index contributed by atoms with van der Waals surface area (Å²) in [5.74, 6) is -0.0964. The van der Waals surface area contributed by atoms with Gasteiger partial charge < -0.3 is 14.4 Å². The van der Waals surface area contributed by atoms with Crippen molar-refractivity contribution in [1.29, 1.82) is 0 Å². The molecule has 1 amide bonds. The Morgan fingerprint density at radius 3 is 2.67 bits per heavy atom. The second-order valence-electron chi connectivity index (χ2n) is 6.69. The molecular weight excluding hydrogens is 325 g/mol. The number of aromatic nitrogens is 1. The normalized spacial score (nSPS) is 19.1. The number of ether oxygens (including phenoxy) is 2. The average Bonchev–Trinajstić information content (AvgIpc) is 2.45. The first-order chi connectivity index (χ1) is 11.0. The van der Waals surface area contributed by atoms with Crippen LogP contribution < -0.4 is 4.74 Å². The summed E-state index contributed by atoms with van der Waals surface area (Å²) in [4.78, 5) is 17.4. The van der Waals surface area contributed by atoms with E-state index in [0.717, 1.165) is 18.3 Å². The third-order valence-corrected chi connectivity index (χ3v) is 3.38. The van der Waals surface area contributed by atoms with Gasteiger partial charge in [0.05, 0.1) is 12.1 Å². The summed E-state index contributed by atoms with van der Waals surface area (Å²) >= 11 is 0. The van der Waals surface area contributed by atoms with Crippen LogP contribution in [-0.4, -0.2) is 40.8 Å². The second kappa shape index (κ2) is 6.86. The van der Waals surface area contributed by atoms with Crippen LogP contribution in [0.1, 0.15) is 39.2 Å². The van der Waals surface area contributed by atoms with Gasteiger partial charge in [-0.1, -0.05) is 0 Å². The fraction of sp³-hybridized carbons (Fsp3) is 0.625. The average molecular weight is 346 g/mol. The van der Waals surface area contributed by atoms with Crippen molar-refractivity contribution in [3.8, 4) is 5.88 Å². The lowest BCUT2D eigenvalue weighted by atomic mass is 10.1. The van der Waals surface area contributed by atoms with Crippen LogP contribution in [0.5, 0.6) is 5.88 Å². The van der Waals surface area contributed by atoms with Crippen molar-refractivity contribution in [3.63, 3.8) is 0 Å². The van der Waals surface area contributed by atoms with Gasteiger partial charge in [-0.3, -0.25) is 0 Å². The van der Waals surface area contributed by atoms with Crippen LogP contribution in [-0.2, 0) is 10.9 Å². The number of alkyl halides is 3. The standard InChI is InChI=1S/C16H21F3N2O3/c1-15(2,3)24-14(22)21-8-4-5-12(10-21)23-13-9-11(6-7-20-13)16(17,18)19/h6-7,9,12H,4-5,8,10H2,1-3H3/t12-/m1/s1. The van der Waals surface area contributed by atoms with E-state index in [1.54, 1.807) is 20.8 Å². The Kier molecular flexibility index (Phi) is 5.25. The minimum atomic E-state index is -4.45. The molecule has 0 aromatic carbocycles. The van der Waals surface area contributed by atoms with Gasteiger partial charge in [-0.2, -0.15) is 13.2 Å². The molecule has 1 aromatic heterocycles. The van der Waals surface area contributed by atoms with Gasteiger partial charge in [0, 0.05) is 18.8 Å². The van der Waals surface area contributed by atoms with E-state index in [-0.39, 0.29) is 12.4 Å². The maximum Gasteiger partial charge on any atom is 0.416 e. The Bertz CT molecular complexity index is 585. The van der Waals surface area contributed by atoms with E-state index in [9.17, 15) is 18.0 Å². The molecule has 1 aromatic rings. The van der Waals surface area contributed by atoms with Crippen LogP contribution in [0.15, 0.2) is 18.3 Å². The highest BCUT2D eigenvalue weighted by molar-refractivity contribution is 5.68. The van der Waals surface area contributed by atoms with Crippen LogP contribution in [0.25, 0.3) is 0 Å². The number of halogens is 3. The third kappa shape index (κ3) is 5.28. The van der Waals surface area contributed by atoms with Crippen LogP contribution in [0.2, 0.25) is 0 Å². The van der Waals surface area contributed by atoms with Gasteiger partial charge in [-0.15, -0.1) is 0 Å². The number of hydrogen-bond donors (Lipinski definition) is 0. The molecule has 1 saturated heterocycles. The fourth-order valence-electron chi connectivity index (χ4n) is 2.35. The first-order valence-electron chi connectivity index (χ1n) is 7.72. The van der Waals surface area contributed by atoms with E-state index in [2.05, 4.69) is 4.98 Å². The zero-order valence-corrected chi connectivity index (χ0v) is 13.9. The molecule has 0 spiro atoms. The van der Waals surface area contributed by atoms with Gasteiger partial charge >= 0.3 is 12.3 Å². The number of pyridine rings is 1. The van der Waals surface area contributed by atoms with E-state index < -0.39 is 29.5 Å². The van der Waals surface area contributed by atoms with E-state index >= 15 is 0 Å². The Balaban J connectivity index is 1.99. The van der Waals surface area contributed by atoms with Gasteiger partial charge in [0.2, 0.25) is 5.88 Å². The predicted octanol–water partition coefficient (Wildman–Crippen LogP) is 3.88. The van der Waals surface area contributed by atoms with Crippen molar-refractivity contribution < 1.29 is 27.4 Å². The van der Waals surface area contributed by atoms with E-state index in [1.165, 1.54) is 4.90 Å². The zero-order valence-electron chi connectivity index (χ0n) is 13.9. The quantitative estimate of drug-likeness (QED) is 0.815. The van der Waals surface area contributed by atoms with Gasteiger partial charge in [0.25, 0.3) is 0 Å². The molecule has 0 bridgehead atoms. The minimum absolute atomic E-state index is 0.0964. The van der Waals surface area contributed by atoms with Crippen molar-refractivity contribution in [2.75, 3.05) is 13.1 Å². The predicted molar refractivity (Wildman–Crippen MR) is 80.7 cm³/mol. The number of hydrogen-bond acceptors (Lipinski definition) is 4. The summed E-state index contributed by atoms with van der Waals surface area (Å²) in [6, 6.07) is 1.76. The van der Waals surface area contributed by atoms with Crippen molar-refractivity contribution in [2.45, 2.75) is 51.5 Å². The number of nitrogens with zero attached hydrogens (tertiary/aromatic N) is 2. The third-order valence-electron chi connectivity index (χ3n) is 3.38. The molecule has 0 N–H and O–H groups in total. The number of piperidine rings is 1. The molecule has 1 fully saturated rings. The molecule has 2 rings (SSSR count). The summed E-state index contributed by atoms with van der Waals surface area (Å²) in [5, 5.41) is 0. The lowest BCUT2D eigenvalue weighted by Gasteiger charge is -2.34. The lowest BCUT2D eigenvalue weighted by molar-refractivity contribution is -0.137. The van der Waals surface area contributed by atoms with Crippen LogP contribution >= 0.6 is 0 Å². The topological polar surface area (TPSA) is 51.7 Å².